The smallest absolute Gasteiger partial charge is 0.309 e. The van der Waals surface area contributed by atoms with Crippen molar-refractivity contribution in [2.45, 2.75) is 38.0 Å². The average molecular weight is 258 g/mol. The minimum atomic E-state index is -0.213. The number of nitrogens with zero attached hydrogens (tertiary/aromatic N) is 1. The van der Waals surface area contributed by atoms with Crippen molar-refractivity contribution in [1.29, 1.82) is 0 Å². The first-order chi connectivity index (χ1) is 9.26. The fraction of sp³-hybridized carbons (Fsp3) is 0.467. The van der Waals surface area contributed by atoms with Crippen LogP contribution in [0, 0.1) is 0 Å². The Bertz CT molecular complexity index is 597. The summed E-state index contributed by atoms with van der Waals surface area (Å²) in [6.45, 7) is 0. The Hall–Kier alpha value is -1.84. The summed E-state index contributed by atoms with van der Waals surface area (Å²) in [5.41, 5.74) is 2.96. The number of ether oxygens (including phenoxy) is 1. The Morgan fingerprint density at radius 1 is 1.42 bits per heavy atom. The molecule has 1 aliphatic carbocycles. The number of benzene rings is 1. The topological polar surface area (TPSA) is 55.0 Å². The van der Waals surface area contributed by atoms with Gasteiger partial charge < -0.3 is 9.72 Å². The van der Waals surface area contributed by atoms with E-state index in [0.29, 0.717) is 12.3 Å². The van der Waals surface area contributed by atoms with Crippen LogP contribution in [0.4, 0.5) is 0 Å². The monoisotopic (exact) mass is 258 g/mol. The van der Waals surface area contributed by atoms with E-state index in [1.807, 2.05) is 18.2 Å². The van der Waals surface area contributed by atoms with Crippen LogP contribution in [0.15, 0.2) is 18.2 Å². The van der Waals surface area contributed by atoms with Crippen LogP contribution >= 0.6 is 0 Å². The van der Waals surface area contributed by atoms with Crippen LogP contribution in [0.1, 0.15) is 43.0 Å². The lowest BCUT2D eigenvalue weighted by Crippen LogP contribution is -2.04. The standard InChI is InChI=1S/C15H18N2O2/c1-19-14(18)9-10-6-7-12-13(8-10)17-15(16-12)11-4-2-3-5-11/h6-8,11H,2-5,9H2,1H3,(H,16,17). The minimum Gasteiger partial charge on any atom is -0.469 e. The van der Waals surface area contributed by atoms with Gasteiger partial charge in [-0.25, -0.2) is 4.98 Å². The maximum absolute atomic E-state index is 11.3. The lowest BCUT2D eigenvalue weighted by Gasteiger charge is -2.02. The maximum atomic E-state index is 11.3. The van der Waals surface area contributed by atoms with Crippen LogP contribution in [-0.4, -0.2) is 23.0 Å². The molecule has 1 N–H and O–H groups in total. The van der Waals surface area contributed by atoms with Crippen molar-refractivity contribution in [2.75, 3.05) is 7.11 Å². The van der Waals surface area contributed by atoms with Gasteiger partial charge in [0.1, 0.15) is 5.82 Å². The normalized spacial score (nSPS) is 16.1. The molecule has 0 saturated heterocycles. The molecular formula is C15H18N2O2. The van der Waals surface area contributed by atoms with Gasteiger partial charge in [0.2, 0.25) is 0 Å². The second-order valence-corrected chi connectivity index (χ2v) is 5.21. The van der Waals surface area contributed by atoms with Crippen molar-refractivity contribution < 1.29 is 9.53 Å². The third kappa shape index (κ3) is 2.48. The van der Waals surface area contributed by atoms with Crippen LogP contribution in [0.3, 0.4) is 0 Å². The molecule has 3 rings (SSSR count). The lowest BCUT2D eigenvalue weighted by molar-refractivity contribution is -0.139. The maximum Gasteiger partial charge on any atom is 0.309 e. The van der Waals surface area contributed by atoms with E-state index in [2.05, 4.69) is 14.7 Å². The van der Waals surface area contributed by atoms with E-state index in [1.54, 1.807) is 0 Å². The van der Waals surface area contributed by atoms with E-state index in [1.165, 1.54) is 32.8 Å². The highest BCUT2D eigenvalue weighted by atomic mass is 16.5. The first-order valence-electron chi connectivity index (χ1n) is 6.81. The first-order valence-corrected chi connectivity index (χ1v) is 6.81. The Morgan fingerprint density at radius 2 is 2.21 bits per heavy atom. The highest BCUT2D eigenvalue weighted by Crippen LogP contribution is 2.33. The molecule has 1 aromatic carbocycles. The zero-order valence-electron chi connectivity index (χ0n) is 11.1. The molecule has 1 fully saturated rings. The summed E-state index contributed by atoms with van der Waals surface area (Å²) in [7, 11) is 1.41. The van der Waals surface area contributed by atoms with Crippen LogP contribution in [0.5, 0.6) is 0 Å². The Kier molecular flexibility index (Phi) is 3.23. The fourth-order valence-corrected chi connectivity index (χ4v) is 2.82. The zero-order valence-corrected chi connectivity index (χ0v) is 11.1. The predicted octanol–water partition coefficient (Wildman–Crippen LogP) is 2.94. The largest absolute Gasteiger partial charge is 0.469 e. The van der Waals surface area contributed by atoms with E-state index in [-0.39, 0.29) is 5.97 Å². The molecule has 1 aromatic heterocycles. The number of carbonyl (C=O) groups is 1. The minimum absolute atomic E-state index is 0.213. The molecule has 100 valence electrons. The van der Waals surface area contributed by atoms with Gasteiger partial charge in [-0.05, 0) is 30.5 Å². The van der Waals surface area contributed by atoms with Gasteiger partial charge in [-0.1, -0.05) is 18.9 Å². The van der Waals surface area contributed by atoms with Crippen molar-refractivity contribution in [3.8, 4) is 0 Å². The van der Waals surface area contributed by atoms with Crippen molar-refractivity contribution in [1.82, 2.24) is 9.97 Å². The number of nitrogens with one attached hydrogen (secondary N) is 1. The molecule has 4 heteroatoms. The number of aromatic amines is 1. The van der Waals surface area contributed by atoms with Gasteiger partial charge in [-0.15, -0.1) is 0 Å². The third-order valence-corrected chi connectivity index (χ3v) is 3.88. The number of fused-ring (bicyclic) bond motifs is 1. The van der Waals surface area contributed by atoms with Crippen molar-refractivity contribution in [3.05, 3.63) is 29.6 Å². The number of hydrogen-bond donors (Lipinski definition) is 1. The summed E-state index contributed by atoms with van der Waals surface area (Å²) < 4.78 is 4.69. The molecule has 2 aromatic rings. The SMILES string of the molecule is COC(=O)Cc1ccc2nc(C3CCCC3)[nH]c2c1. The summed E-state index contributed by atoms with van der Waals surface area (Å²) in [5, 5.41) is 0. The van der Waals surface area contributed by atoms with Gasteiger partial charge in [-0.2, -0.15) is 0 Å². The molecule has 0 atom stereocenters. The first kappa shape index (κ1) is 12.2. The molecule has 19 heavy (non-hydrogen) atoms. The molecule has 1 saturated carbocycles. The molecule has 0 amide bonds. The van der Waals surface area contributed by atoms with Gasteiger partial charge in [0.05, 0.1) is 24.6 Å². The van der Waals surface area contributed by atoms with Crippen molar-refractivity contribution in [3.63, 3.8) is 0 Å². The molecule has 1 heterocycles. The Balaban J connectivity index is 1.88. The van der Waals surface area contributed by atoms with E-state index >= 15 is 0 Å². The summed E-state index contributed by atoms with van der Waals surface area (Å²) in [5.74, 6) is 1.47. The number of esters is 1. The second-order valence-electron chi connectivity index (χ2n) is 5.21. The predicted molar refractivity (Wildman–Crippen MR) is 73.0 cm³/mol. The number of imidazole rings is 1. The van der Waals surface area contributed by atoms with Crippen LogP contribution in [0.2, 0.25) is 0 Å². The van der Waals surface area contributed by atoms with Gasteiger partial charge in [0.25, 0.3) is 0 Å². The average Bonchev–Trinajstić information content (AvgIpc) is 3.06. The van der Waals surface area contributed by atoms with Crippen LogP contribution in [0.25, 0.3) is 11.0 Å². The number of H-pyrrole nitrogens is 1. The molecule has 0 unspecified atom stereocenters. The lowest BCUT2D eigenvalue weighted by atomic mass is 10.1. The molecular weight excluding hydrogens is 240 g/mol. The van der Waals surface area contributed by atoms with Gasteiger partial charge in [0.15, 0.2) is 0 Å². The van der Waals surface area contributed by atoms with Gasteiger partial charge in [-0.3, -0.25) is 4.79 Å². The molecule has 0 spiro atoms. The fourth-order valence-electron chi connectivity index (χ4n) is 2.82. The Morgan fingerprint density at radius 3 is 2.95 bits per heavy atom. The van der Waals surface area contributed by atoms with Crippen LogP contribution in [-0.2, 0) is 16.0 Å². The van der Waals surface area contributed by atoms with E-state index < -0.39 is 0 Å². The summed E-state index contributed by atoms with van der Waals surface area (Å²) in [4.78, 5) is 19.4. The highest BCUT2D eigenvalue weighted by molar-refractivity contribution is 5.79. The Labute approximate surface area is 112 Å². The number of carbonyl (C=O) groups excluding carboxylic acids is 1. The second kappa shape index (κ2) is 5.03. The van der Waals surface area contributed by atoms with Gasteiger partial charge >= 0.3 is 5.97 Å². The summed E-state index contributed by atoms with van der Waals surface area (Å²) in [6.07, 6.45) is 5.37. The molecule has 0 radical (unpaired) electrons. The molecule has 0 bridgehead atoms. The quantitative estimate of drug-likeness (QED) is 0.861. The molecule has 4 nitrogen and oxygen atoms in total. The zero-order chi connectivity index (χ0) is 13.2. The number of aromatic nitrogens is 2. The molecule has 1 aliphatic rings. The number of methoxy groups -OCH3 is 1. The number of rotatable bonds is 3. The molecule has 0 aliphatic heterocycles. The van der Waals surface area contributed by atoms with Crippen molar-refractivity contribution >= 4 is 17.0 Å². The van der Waals surface area contributed by atoms with Gasteiger partial charge in [0, 0.05) is 5.92 Å². The van der Waals surface area contributed by atoms with E-state index in [4.69, 9.17) is 0 Å². The van der Waals surface area contributed by atoms with E-state index in [0.717, 1.165) is 22.4 Å². The summed E-state index contributed by atoms with van der Waals surface area (Å²) in [6, 6.07) is 5.92. The van der Waals surface area contributed by atoms with E-state index in [9.17, 15) is 4.79 Å². The number of hydrogen-bond acceptors (Lipinski definition) is 3. The van der Waals surface area contributed by atoms with Crippen LogP contribution < -0.4 is 0 Å². The highest BCUT2D eigenvalue weighted by Gasteiger charge is 2.20. The third-order valence-electron chi connectivity index (χ3n) is 3.88. The summed E-state index contributed by atoms with van der Waals surface area (Å²) >= 11 is 0. The van der Waals surface area contributed by atoms with Crippen molar-refractivity contribution in [2.24, 2.45) is 0 Å².